The minimum atomic E-state index is -0.176. The van der Waals surface area contributed by atoms with Gasteiger partial charge in [0.25, 0.3) is 0 Å². The van der Waals surface area contributed by atoms with Gasteiger partial charge in [-0.25, -0.2) is 4.39 Å². The third-order valence-corrected chi connectivity index (χ3v) is 2.78. The van der Waals surface area contributed by atoms with Gasteiger partial charge in [-0.1, -0.05) is 19.9 Å². The fourth-order valence-corrected chi connectivity index (χ4v) is 1.74. The molecule has 0 bridgehead atoms. The lowest BCUT2D eigenvalue weighted by atomic mass is 10.1. The normalized spacial score (nSPS) is 10.9. The number of nitrogens with zero attached hydrogens (tertiary/aromatic N) is 1. The topological polar surface area (TPSA) is 29.3 Å². The molecule has 17 heavy (non-hydrogen) atoms. The first-order valence-electron chi connectivity index (χ1n) is 6.34. The number of nitrogens with two attached hydrogens (primary N) is 1. The van der Waals surface area contributed by atoms with Crippen molar-refractivity contribution >= 4 is 5.69 Å². The highest BCUT2D eigenvalue weighted by Gasteiger charge is 2.07. The van der Waals surface area contributed by atoms with E-state index in [2.05, 4.69) is 18.7 Å². The Morgan fingerprint density at radius 1 is 1.29 bits per heavy atom. The highest BCUT2D eigenvalue weighted by molar-refractivity contribution is 5.46. The van der Waals surface area contributed by atoms with E-state index in [4.69, 9.17) is 5.73 Å². The first-order chi connectivity index (χ1) is 8.13. The second-order valence-electron chi connectivity index (χ2n) is 4.79. The van der Waals surface area contributed by atoms with Gasteiger partial charge in [0.15, 0.2) is 0 Å². The molecule has 1 rings (SSSR count). The summed E-state index contributed by atoms with van der Waals surface area (Å²) in [6.45, 7) is 6.93. The van der Waals surface area contributed by atoms with E-state index in [1.165, 1.54) is 6.07 Å². The molecule has 3 heteroatoms. The molecule has 0 saturated carbocycles. The average Bonchev–Trinajstić information content (AvgIpc) is 2.29. The summed E-state index contributed by atoms with van der Waals surface area (Å²) < 4.78 is 13.2. The SMILES string of the molecule is CC(C)CCN(CCCN)c1cccc(F)c1. The maximum Gasteiger partial charge on any atom is 0.125 e. The van der Waals surface area contributed by atoms with Gasteiger partial charge in [-0.2, -0.15) is 0 Å². The van der Waals surface area contributed by atoms with Crippen molar-refractivity contribution in [2.75, 3.05) is 24.5 Å². The molecule has 0 aliphatic heterocycles. The van der Waals surface area contributed by atoms with Crippen LogP contribution in [0, 0.1) is 11.7 Å². The average molecular weight is 238 g/mol. The van der Waals surface area contributed by atoms with Gasteiger partial charge >= 0.3 is 0 Å². The molecule has 0 aliphatic carbocycles. The minimum absolute atomic E-state index is 0.176. The van der Waals surface area contributed by atoms with Crippen LogP contribution in [0.5, 0.6) is 0 Å². The highest BCUT2D eigenvalue weighted by Crippen LogP contribution is 2.17. The van der Waals surface area contributed by atoms with Crippen molar-refractivity contribution in [3.63, 3.8) is 0 Å². The summed E-state index contributed by atoms with van der Waals surface area (Å²) >= 11 is 0. The van der Waals surface area contributed by atoms with Crippen molar-refractivity contribution in [3.8, 4) is 0 Å². The zero-order valence-electron chi connectivity index (χ0n) is 10.8. The van der Waals surface area contributed by atoms with Gasteiger partial charge in [0, 0.05) is 18.8 Å². The third kappa shape index (κ3) is 5.18. The molecule has 96 valence electrons. The van der Waals surface area contributed by atoms with Gasteiger partial charge in [0.05, 0.1) is 0 Å². The summed E-state index contributed by atoms with van der Waals surface area (Å²) in [4.78, 5) is 2.22. The molecule has 0 radical (unpaired) electrons. The van der Waals surface area contributed by atoms with Crippen LogP contribution in [-0.4, -0.2) is 19.6 Å². The standard InChI is InChI=1S/C14H23FN2/c1-12(2)7-10-17(9-4-8-16)14-6-3-5-13(15)11-14/h3,5-6,11-12H,4,7-10,16H2,1-2H3. The second kappa shape index (κ2) is 7.28. The van der Waals surface area contributed by atoms with Gasteiger partial charge < -0.3 is 10.6 Å². The monoisotopic (exact) mass is 238 g/mol. The van der Waals surface area contributed by atoms with Crippen molar-refractivity contribution in [1.82, 2.24) is 0 Å². The summed E-state index contributed by atoms with van der Waals surface area (Å²) in [5.41, 5.74) is 6.50. The van der Waals surface area contributed by atoms with Crippen LogP contribution in [0.3, 0.4) is 0 Å². The van der Waals surface area contributed by atoms with Gasteiger partial charge in [0.2, 0.25) is 0 Å². The van der Waals surface area contributed by atoms with Crippen molar-refractivity contribution in [1.29, 1.82) is 0 Å². The lowest BCUT2D eigenvalue weighted by molar-refractivity contribution is 0.567. The third-order valence-electron chi connectivity index (χ3n) is 2.78. The van der Waals surface area contributed by atoms with Crippen LogP contribution in [0.15, 0.2) is 24.3 Å². The van der Waals surface area contributed by atoms with E-state index in [0.29, 0.717) is 12.5 Å². The Labute approximate surface area is 104 Å². The quantitative estimate of drug-likeness (QED) is 0.791. The Morgan fingerprint density at radius 3 is 2.65 bits per heavy atom. The van der Waals surface area contributed by atoms with E-state index >= 15 is 0 Å². The molecule has 0 amide bonds. The lowest BCUT2D eigenvalue weighted by Gasteiger charge is -2.25. The van der Waals surface area contributed by atoms with Crippen LogP contribution in [0.1, 0.15) is 26.7 Å². The molecule has 0 aromatic heterocycles. The number of anilines is 1. The maximum absolute atomic E-state index is 13.2. The van der Waals surface area contributed by atoms with Crippen molar-refractivity contribution in [3.05, 3.63) is 30.1 Å². The van der Waals surface area contributed by atoms with Crippen LogP contribution in [0.25, 0.3) is 0 Å². The number of benzene rings is 1. The molecular formula is C14H23FN2. The van der Waals surface area contributed by atoms with E-state index in [1.54, 1.807) is 12.1 Å². The largest absolute Gasteiger partial charge is 0.371 e. The van der Waals surface area contributed by atoms with E-state index in [0.717, 1.165) is 31.6 Å². The molecule has 0 saturated heterocycles. The van der Waals surface area contributed by atoms with E-state index < -0.39 is 0 Å². The summed E-state index contributed by atoms with van der Waals surface area (Å²) in [6.07, 6.45) is 2.05. The first-order valence-corrected chi connectivity index (χ1v) is 6.34. The Morgan fingerprint density at radius 2 is 2.06 bits per heavy atom. The maximum atomic E-state index is 13.2. The van der Waals surface area contributed by atoms with Gasteiger partial charge in [0.1, 0.15) is 5.82 Å². The Bertz CT molecular complexity index is 326. The van der Waals surface area contributed by atoms with E-state index in [1.807, 2.05) is 6.07 Å². The van der Waals surface area contributed by atoms with Gasteiger partial charge in [-0.05, 0) is 43.5 Å². The molecule has 0 atom stereocenters. The molecule has 0 heterocycles. The zero-order valence-corrected chi connectivity index (χ0v) is 10.8. The molecule has 1 aromatic carbocycles. The summed E-state index contributed by atoms with van der Waals surface area (Å²) in [5, 5.41) is 0. The summed E-state index contributed by atoms with van der Waals surface area (Å²) in [6, 6.07) is 6.79. The van der Waals surface area contributed by atoms with Crippen LogP contribution in [0.4, 0.5) is 10.1 Å². The number of rotatable bonds is 7. The smallest absolute Gasteiger partial charge is 0.125 e. The summed E-state index contributed by atoms with van der Waals surface area (Å²) in [7, 11) is 0. The predicted octanol–water partition coefficient (Wildman–Crippen LogP) is 3.03. The van der Waals surface area contributed by atoms with Crippen molar-refractivity contribution in [2.24, 2.45) is 11.7 Å². The molecule has 2 nitrogen and oxygen atoms in total. The van der Waals surface area contributed by atoms with Crippen molar-refractivity contribution < 1.29 is 4.39 Å². The Hall–Kier alpha value is -1.09. The highest BCUT2D eigenvalue weighted by atomic mass is 19.1. The van der Waals surface area contributed by atoms with Crippen LogP contribution < -0.4 is 10.6 Å². The van der Waals surface area contributed by atoms with Crippen molar-refractivity contribution in [2.45, 2.75) is 26.7 Å². The Balaban J connectivity index is 2.67. The second-order valence-corrected chi connectivity index (χ2v) is 4.79. The van der Waals surface area contributed by atoms with Crippen LogP contribution in [0.2, 0.25) is 0 Å². The molecule has 0 unspecified atom stereocenters. The summed E-state index contributed by atoms with van der Waals surface area (Å²) in [5.74, 6) is 0.480. The number of hydrogen-bond acceptors (Lipinski definition) is 2. The molecule has 1 aromatic rings. The van der Waals surface area contributed by atoms with Gasteiger partial charge in [-0.15, -0.1) is 0 Å². The Kier molecular flexibility index (Phi) is 5.98. The minimum Gasteiger partial charge on any atom is -0.371 e. The lowest BCUT2D eigenvalue weighted by Crippen LogP contribution is -2.28. The molecule has 0 fully saturated rings. The molecular weight excluding hydrogens is 215 g/mol. The fourth-order valence-electron chi connectivity index (χ4n) is 1.74. The first kappa shape index (κ1) is 14.0. The van der Waals surface area contributed by atoms with Crippen LogP contribution >= 0.6 is 0 Å². The van der Waals surface area contributed by atoms with E-state index in [-0.39, 0.29) is 5.82 Å². The van der Waals surface area contributed by atoms with E-state index in [9.17, 15) is 4.39 Å². The fraction of sp³-hybridized carbons (Fsp3) is 0.571. The number of hydrogen-bond donors (Lipinski definition) is 1. The zero-order chi connectivity index (χ0) is 12.7. The number of halogens is 1. The molecule has 2 N–H and O–H groups in total. The molecule has 0 aliphatic rings. The molecule has 0 spiro atoms. The van der Waals surface area contributed by atoms with Crippen LogP contribution in [-0.2, 0) is 0 Å². The van der Waals surface area contributed by atoms with Gasteiger partial charge in [-0.3, -0.25) is 0 Å². The predicted molar refractivity (Wildman–Crippen MR) is 71.7 cm³/mol.